The predicted octanol–water partition coefficient (Wildman–Crippen LogP) is 2.79. The van der Waals surface area contributed by atoms with E-state index >= 15 is 0 Å². The van der Waals surface area contributed by atoms with Gasteiger partial charge in [-0.2, -0.15) is 0 Å². The Kier molecular flexibility index (Phi) is 3.34. The van der Waals surface area contributed by atoms with E-state index in [0.717, 1.165) is 12.2 Å². The van der Waals surface area contributed by atoms with E-state index in [9.17, 15) is 9.90 Å². The van der Waals surface area contributed by atoms with E-state index in [1.54, 1.807) is 6.07 Å². The summed E-state index contributed by atoms with van der Waals surface area (Å²) in [6.07, 6.45) is 0.276. The van der Waals surface area contributed by atoms with Gasteiger partial charge in [-0.15, -0.1) is 0 Å². The molecule has 0 bridgehead atoms. The van der Waals surface area contributed by atoms with E-state index in [1.807, 2.05) is 41.0 Å². The number of carbonyl (C=O) groups is 1. The maximum atomic E-state index is 12.3. The van der Waals surface area contributed by atoms with Crippen LogP contribution in [0.15, 0.2) is 42.5 Å². The van der Waals surface area contributed by atoms with Crippen LogP contribution in [0, 0.1) is 0 Å². The molecule has 2 aromatic rings. The van der Waals surface area contributed by atoms with Crippen molar-refractivity contribution in [3.63, 3.8) is 0 Å². The van der Waals surface area contributed by atoms with Gasteiger partial charge >= 0.3 is 0 Å². The molecule has 0 fully saturated rings. The molecule has 0 unspecified atom stereocenters. The third-order valence-corrected chi connectivity index (χ3v) is 3.25. The number of nitrogens with zero attached hydrogens (tertiary/aromatic N) is 1. The van der Waals surface area contributed by atoms with Crippen LogP contribution >= 0.6 is 0 Å². The van der Waals surface area contributed by atoms with Crippen molar-refractivity contribution in [2.75, 3.05) is 0 Å². The van der Waals surface area contributed by atoms with E-state index in [-0.39, 0.29) is 13.2 Å². The second-order valence-corrected chi connectivity index (χ2v) is 4.29. The number of fused-ring (bicyclic) bond motifs is 1. The lowest BCUT2D eigenvalue weighted by atomic mass is 10.1. The maximum Gasteiger partial charge on any atom is 0.209 e. The molecular formula is C15H17NO2. The van der Waals surface area contributed by atoms with Gasteiger partial charge in [0.05, 0.1) is 11.8 Å². The van der Waals surface area contributed by atoms with E-state index in [1.165, 1.54) is 0 Å². The highest BCUT2D eigenvalue weighted by atomic mass is 16.3. The van der Waals surface area contributed by atoms with Gasteiger partial charge < -0.3 is 9.67 Å². The van der Waals surface area contributed by atoms with Gasteiger partial charge in [0.15, 0.2) is 0 Å². The number of carbonyl (C=O) groups excluding carboxylic acids is 1. The monoisotopic (exact) mass is 243 g/mol. The van der Waals surface area contributed by atoms with E-state index in [4.69, 9.17) is 0 Å². The molecule has 3 nitrogen and oxygen atoms in total. The quantitative estimate of drug-likeness (QED) is 0.824. The first-order valence-corrected chi connectivity index (χ1v) is 5.74. The molecule has 0 aliphatic carbocycles. The number of hydrogen-bond acceptors (Lipinski definition) is 2. The van der Waals surface area contributed by atoms with Crippen molar-refractivity contribution in [3.8, 4) is 0 Å². The highest BCUT2D eigenvalue weighted by Crippen LogP contribution is 2.28. The van der Waals surface area contributed by atoms with Crippen molar-refractivity contribution in [2.45, 2.75) is 26.5 Å². The average Bonchev–Trinajstić information content (AvgIpc) is 2.93. The first kappa shape index (κ1) is 12.6. The van der Waals surface area contributed by atoms with Gasteiger partial charge in [0, 0.05) is 17.8 Å². The summed E-state index contributed by atoms with van der Waals surface area (Å²) in [5.74, 6) is 0.0194. The Bertz CT molecular complexity index is 557. The standard InChI is InChI=1S/C14H13NO2.CH4/c16-13-8-9-15-11(13)6-7-12(15)14(17)10-4-2-1-3-5-10;/h1-7,13,16H,8-9H2;1H4/t13-;/m1./s1. The SMILES string of the molecule is C.O=C(c1ccccc1)c1ccc2n1CC[C@H]2O. The number of benzene rings is 1. The zero-order valence-electron chi connectivity index (χ0n) is 9.34. The number of rotatable bonds is 2. The van der Waals surface area contributed by atoms with Crippen molar-refractivity contribution < 1.29 is 9.90 Å². The van der Waals surface area contributed by atoms with Crippen LogP contribution in [-0.4, -0.2) is 15.5 Å². The highest BCUT2D eigenvalue weighted by Gasteiger charge is 2.25. The van der Waals surface area contributed by atoms with Crippen molar-refractivity contribution >= 4 is 5.78 Å². The first-order valence-electron chi connectivity index (χ1n) is 5.74. The molecule has 0 radical (unpaired) electrons. The molecule has 1 N–H and O–H groups in total. The van der Waals surface area contributed by atoms with E-state index in [2.05, 4.69) is 0 Å². The van der Waals surface area contributed by atoms with Gasteiger partial charge in [0.2, 0.25) is 5.78 Å². The molecule has 1 aromatic heterocycles. The topological polar surface area (TPSA) is 42.2 Å². The Morgan fingerprint density at radius 3 is 2.61 bits per heavy atom. The highest BCUT2D eigenvalue weighted by molar-refractivity contribution is 6.08. The Hall–Kier alpha value is -1.87. The van der Waals surface area contributed by atoms with Gasteiger partial charge in [-0.05, 0) is 18.6 Å². The number of aromatic nitrogens is 1. The molecule has 0 saturated heterocycles. The summed E-state index contributed by atoms with van der Waals surface area (Å²) < 4.78 is 1.92. The van der Waals surface area contributed by atoms with Gasteiger partial charge in [-0.3, -0.25) is 4.79 Å². The molecule has 1 aliphatic heterocycles. The minimum absolute atomic E-state index is 0. The Labute approximate surface area is 107 Å². The normalized spacial score (nSPS) is 17.1. The molecule has 94 valence electrons. The Morgan fingerprint density at radius 2 is 1.89 bits per heavy atom. The summed E-state index contributed by atoms with van der Waals surface area (Å²) in [5.41, 5.74) is 2.21. The molecule has 3 rings (SSSR count). The molecule has 2 heterocycles. The number of aliphatic hydroxyl groups excluding tert-OH is 1. The molecular weight excluding hydrogens is 226 g/mol. The summed E-state index contributed by atoms with van der Waals surface area (Å²) in [4.78, 5) is 12.3. The maximum absolute atomic E-state index is 12.3. The molecule has 0 amide bonds. The second kappa shape index (κ2) is 4.78. The van der Waals surface area contributed by atoms with Crippen LogP contribution in [-0.2, 0) is 6.54 Å². The fourth-order valence-electron chi connectivity index (χ4n) is 2.36. The van der Waals surface area contributed by atoms with Gasteiger partial charge in [0.25, 0.3) is 0 Å². The van der Waals surface area contributed by atoms with Crippen LogP contribution in [0.1, 0.15) is 41.7 Å². The first-order chi connectivity index (χ1) is 8.27. The summed E-state index contributed by atoms with van der Waals surface area (Å²) in [7, 11) is 0. The van der Waals surface area contributed by atoms with Crippen LogP contribution in [0.4, 0.5) is 0 Å². The van der Waals surface area contributed by atoms with Gasteiger partial charge in [0.1, 0.15) is 0 Å². The predicted molar refractivity (Wildman–Crippen MR) is 70.6 cm³/mol. The van der Waals surface area contributed by atoms with Crippen LogP contribution in [0.2, 0.25) is 0 Å². The van der Waals surface area contributed by atoms with Crippen LogP contribution < -0.4 is 0 Å². The summed E-state index contributed by atoms with van der Waals surface area (Å²) in [6.45, 7) is 0.720. The van der Waals surface area contributed by atoms with E-state index < -0.39 is 6.10 Å². The lowest BCUT2D eigenvalue weighted by Crippen LogP contribution is -2.08. The van der Waals surface area contributed by atoms with Crippen LogP contribution in [0.25, 0.3) is 0 Å². The number of hydrogen-bond donors (Lipinski definition) is 1. The van der Waals surface area contributed by atoms with Crippen molar-refractivity contribution in [1.82, 2.24) is 4.57 Å². The largest absolute Gasteiger partial charge is 0.387 e. The Morgan fingerprint density at radius 1 is 1.17 bits per heavy atom. The van der Waals surface area contributed by atoms with Crippen LogP contribution in [0.3, 0.4) is 0 Å². The van der Waals surface area contributed by atoms with E-state index in [0.29, 0.717) is 17.7 Å². The average molecular weight is 243 g/mol. The third-order valence-electron chi connectivity index (χ3n) is 3.25. The van der Waals surface area contributed by atoms with Gasteiger partial charge in [-0.25, -0.2) is 0 Å². The van der Waals surface area contributed by atoms with Gasteiger partial charge in [-0.1, -0.05) is 37.8 Å². The molecule has 1 aliphatic rings. The summed E-state index contributed by atoms with van der Waals surface area (Å²) >= 11 is 0. The molecule has 0 saturated carbocycles. The number of ketones is 1. The smallest absolute Gasteiger partial charge is 0.209 e. The van der Waals surface area contributed by atoms with Crippen LogP contribution in [0.5, 0.6) is 0 Å². The van der Waals surface area contributed by atoms with Crippen molar-refractivity contribution in [1.29, 1.82) is 0 Å². The van der Waals surface area contributed by atoms with Crippen molar-refractivity contribution in [2.24, 2.45) is 0 Å². The summed E-state index contributed by atoms with van der Waals surface area (Å²) in [6, 6.07) is 12.9. The zero-order chi connectivity index (χ0) is 11.8. The fraction of sp³-hybridized carbons (Fsp3) is 0.267. The lowest BCUT2D eigenvalue weighted by Gasteiger charge is -2.05. The molecule has 18 heavy (non-hydrogen) atoms. The Balaban J connectivity index is 0.00000120. The molecule has 1 aromatic carbocycles. The molecule has 1 atom stereocenters. The van der Waals surface area contributed by atoms with Crippen molar-refractivity contribution in [3.05, 3.63) is 59.4 Å². The second-order valence-electron chi connectivity index (χ2n) is 4.29. The minimum atomic E-state index is -0.424. The summed E-state index contributed by atoms with van der Waals surface area (Å²) in [5, 5.41) is 9.71. The lowest BCUT2D eigenvalue weighted by molar-refractivity contribution is 0.103. The number of aliphatic hydroxyl groups is 1. The molecule has 3 heteroatoms. The fourth-order valence-corrected chi connectivity index (χ4v) is 2.36. The third kappa shape index (κ3) is 1.87. The zero-order valence-corrected chi connectivity index (χ0v) is 9.34. The minimum Gasteiger partial charge on any atom is -0.387 e. The molecule has 0 spiro atoms.